The molecule has 1 heterocycles. The Bertz CT molecular complexity index is 852. The Hall–Kier alpha value is -3.08. The van der Waals surface area contributed by atoms with Gasteiger partial charge in [0.15, 0.2) is 0 Å². The number of hydrogen-bond acceptors (Lipinski definition) is 3. The van der Waals surface area contributed by atoms with Crippen molar-refractivity contribution in [1.29, 1.82) is 0 Å². The van der Waals surface area contributed by atoms with Crippen molar-refractivity contribution in [3.8, 4) is 17.0 Å². The van der Waals surface area contributed by atoms with Gasteiger partial charge >= 0.3 is 0 Å². The van der Waals surface area contributed by atoms with Crippen LogP contribution < -0.4 is 10.1 Å². The number of aromatic amines is 1. The van der Waals surface area contributed by atoms with Gasteiger partial charge in [-0.15, -0.1) is 5.10 Å². The van der Waals surface area contributed by atoms with Crippen LogP contribution >= 0.6 is 0 Å². The molecule has 0 bridgehead atoms. The summed E-state index contributed by atoms with van der Waals surface area (Å²) in [5.41, 5.74) is 3.65. The highest BCUT2D eigenvalue weighted by molar-refractivity contribution is 5.99. The van der Waals surface area contributed by atoms with Gasteiger partial charge in [0.2, 0.25) is 11.8 Å². The van der Waals surface area contributed by atoms with E-state index in [9.17, 15) is 4.79 Å². The number of ether oxygens (including phenoxy) is 1. The quantitative estimate of drug-likeness (QED) is 0.725. The molecule has 0 aliphatic rings. The first-order valence-corrected chi connectivity index (χ1v) is 6.77. The third kappa shape index (κ3) is 2.56. The monoisotopic (exact) mass is 293 g/mol. The second-order valence-corrected chi connectivity index (χ2v) is 4.77. The number of fused-ring (bicyclic) bond motifs is 1. The van der Waals surface area contributed by atoms with Crippen molar-refractivity contribution < 1.29 is 9.53 Å². The maximum Gasteiger partial charge on any atom is 0.247 e. The van der Waals surface area contributed by atoms with Gasteiger partial charge in [-0.1, -0.05) is 24.8 Å². The van der Waals surface area contributed by atoms with Crippen LogP contribution in [0.4, 0.5) is 5.69 Å². The molecule has 3 rings (SSSR count). The molecule has 1 aromatic heterocycles. The lowest BCUT2D eigenvalue weighted by molar-refractivity contribution is -0.111. The Kier molecular flexibility index (Phi) is 3.62. The van der Waals surface area contributed by atoms with Gasteiger partial charge in [-0.3, -0.25) is 9.89 Å². The van der Waals surface area contributed by atoms with Crippen LogP contribution in [0.3, 0.4) is 0 Å². The standard InChI is InChI=1S/C17H15N3O2/c1-3-16(21)18-13-6-4-5-11(9-13)12-7-8-15-14(10-12)17(22-2)20-19-15/h3-10H,1H2,2H3,(H,18,21)(H,19,20). The van der Waals surface area contributed by atoms with E-state index in [2.05, 4.69) is 22.1 Å². The largest absolute Gasteiger partial charge is 0.480 e. The molecule has 0 atom stereocenters. The Morgan fingerprint density at radius 1 is 1.27 bits per heavy atom. The summed E-state index contributed by atoms with van der Waals surface area (Å²) in [5, 5.41) is 10.7. The number of rotatable bonds is 4. The van der Waals surface area contributed by atoms with Gasteiger partial charge in [0, 0.05) is 5.69 Å². The van der Waals surface area contributed by atoms with Crippen LogP contribution in [0.5, 0.6) is 5.88 Å². The maximum atomic E-state index is 11.4. The van der Waals surface area contributed by atoms with Crippen LogP contribution in [0.1, 0.15) is 0 Å². The van der Waals surface area contributed by atoms with Crippen molar-refractivity contribution in [3.63, 3.8) is 0 Å². The lowest BCUT2D eigenvalue weighted by atomic mass is 10.0. The van der Waals surface area contributed by atoms with Crippen molar-refractivity contribution >= 4 is 22.5 Å². The average molecular weight is 293 g/mol. The normalized spacial score (nSPS) is 10.4. The topological polar surface area (TPSA) is 67.0 Å². The number of nitrogens with zero attached hydrogens (tertiary/aromatic N) is 1. The van der Waals surface area contributed by atoms with Crippen molar-refractivity contribution in [1.82, 2.24) is 10.2 Å². The summed E-state index contributed by atoms with van der Waals surface area (Å²) in [6.45, 7) is 3.45. The molecular weight excluding hydrogens is 278 g/mol. The van der Waals surface area contributed by atoms with E-state index in [1.54, 1.807) is 7.11 Å². The molecule has 2 N–H and O–H groups in total. The second-order valence-electron chi connectivity index (χ2n) is 4.77. The molecule has 3 aromatic rings. The van der Waals surface area contributed by atoms with Crippen molar-refractivity contribution in [3.05, 3.63) is 55.1 Å². The summed E-state index contributed by atoms with van der Waals surface area (Å²) < 4.78 is 5.24. The van der Waals surface area contributed by atoms with Gasteiger partial charge in [0.1, 0.15) is 0 Å². The predicted molar refractivity (Wildman–Crippen MR) is 86.9 cm³/mol. The van der Waals surface area contributed by atoms with Crippen molar-refractivity contribution in [2.45, 2.75) is 0 Å². The van der Waals surface area contributed by atoms with Crippen molar-refractivity contribution in [2.24, 2.45) is 0 Å². The smallest absolute Gasteiger partial charge is 0.247 e. The van der Waals surface area contributed by atoms with Crippen LogP contribution in [-0.2, 0) is 4.79 Å². The minimum Gasteiger partial charge on any atom is -0.480 e. The summed E-state index contributed by atoms with van der Waals surface area (Å²) in [6.07, 6.45) is 1.25. The van der Waals surface area contributed by atoms with Gasteiger partial charge in [-0.25, -0.2) is 0 Å². The highest BCUT2D eigenvalue weighted by atomic mass is 16.5. The molecule has 0 saturated heterocycles. The molecule has 0 radical (unpaired) electrons. The molecule has 5 nitrogen and oxygen atoms in total. The number of benzene rings is 2. The molecule has 0 saturated carbocycles. The Morgan fingerprint density at radius 2 is 2.09 bits per heavy atom. The zero-order valence-corrected chi connectivity index (χ0v) is 12.1. The van der Waals surface area contributed by atoms with Gasteiger partial charge in [-0.2, -0.15) is 0 Å². The molecular formula is C17H15N3O2. The lowest BCUT2D eigenvalue weighted by Crippen LogP contribution is -2.06. The van der Waals surface area contributed by atoms with E-state index < -0.39 is 0 Å². The first-order valence-electron chi connectivity index (χ1n) is 6.77. The van der Waals surface area contributed by atoms with Gasteiger partial charge in [-0.05, 0) is 41.5 Å². The number of nitrogens with one attached hydrogen (secondary N) is 2. The Balaban J connectivity index is 2.01. The minimum atomic E-state index is -0.232. The fourth-order valence-corrected chi connectivity index (χ4v) is 2.29. The molecule has 2 aromatic carbocycles. The van der Waals surface area contributed by atoms with Crippen LogP contribution in [0.2, 0.25) is 0 Å². The third-order valence-corrected chi connectivity index (χ3v) is 3.37. The van der Waals surface area contributed by atoms with E-state index in [0.717, 1.165) is 27.7 Å². The molecule has 1 amide bonds. The first-order chi connectivity index (χ1) is 10.7. The van der Waals surface area contributed by atoms with E-state index in [4.69, 9.17) is 4.74 Å². The van der Waals surface area contributed by atoms with Crippen molar-refractivity contribution in [2.75, 3.05) is 12.4 Å². The van der Waals surface area contributed by atoms with Crippen LogP contribution in [-0.4, -0.2) is 23.2 Å². The Morgan fingerprint density at radius 3 is 2.86 bits per heavy atom. The number of carbonyl (C=O) groups excluding carboxylic acids is 1. The summed E-state index contributed by atoms with van der Waals surface area (Å²) in [4.78, 5) is 11.4. The number of H-pyrrole nitrogens is 1. The highest BCUT2D eigenvalue weighted by Crippen LogP contribution is 2.29. The molecule has 22 heavy (non-hydrogen) atoms. The summed E-state index contributed by atoms with van der Waals surface area (Å²) in [5.74, 6) is 0.331. The molecule has 0 spiro atoms. The summed E-state index contributed by atoms with van der Waals surface area (Å²) >= 11 is 0. The van der Waals surface area contributed by atoms with E-state index >= 15 is 0 Å². The van der Waals surface area contributed by atoms with Gasteiger partial charge < -0.3 is 10.1 Å². The fourth-order valence-electron chi connectivity index (χ4n) is 2.29. The van der Waals surface area contributed by atoms with E-state index in [-0.39, 0.29) is 5.91 Å². The molecule has 0 fully saturated rings. The van der Waals surface area contributed by atoms with Crippen LogP contribution in [0.15, 0.2) is 55.1 Å². The number of aromatic nitrogens is 2. The highest BCUT2D eigenvalue weighted by Gasteiger charge is 2.08. The molecule has 0 aliphatic heterocycles. The molecule has 0 unspecified atom stereocenters. The number of hydrogen-bond donors (Lipinski definition) is 2. The van der Waals surface area contributed by atoms with Gasteiger partial charge in [0.25, 0.3) is 0 Å². The number of methoxy groups -OCH3 is 1. The number of anilines is 1. The SMILES string of the molecule is C=CC(=O)Nc1cccc(-c2ccc3[nH]nc(OC)c3c2)c1. The zero-order chi connectivity index (χ0) is 15.5. The fraction of sp³-hybridized carbons (Fsp3) is 0.0588. The number of amides is 1. The van der Waals surface area contributed by atoms with Gasteiger partial charge in [0.05, 0.1) is 18.0 Å². The van der Waals surface area contributed by atoms with E-state index in [1.807, 2.05) is 42.5 Å². The molecule has 5 heteroatoms. The van der Waals surface area contributed by atoms with E-state index in [0.29, 0.717) is 5.88 Å². The summed E-state index contributed by atoms with van der Waals surface area (Å²) in [6, 6.07) is 13.6. The predicted octanol–water partition coefficient (Wildman–Crippen LogP) is 3.36. The molecule has 110 valence electrons. The Labute approximate surface area is 127 Å². The van der Waals surface area contributed by atoms with E-state index in [1.165, 1.54) is 6.08 Å². The number of carbonyl (C=O) groups is 1. The lowest BCUT2D eigenvalue weighted by Gasteiger charge is -2.06. The first kappa shape index (κ1) is 13.9. The van der Waals surface area contributed by atoms with Crippen LogP contribution in [0, 0.1) is 0 Å². The third-order valence-electron chi connectivity index (χ3n) is 3.37. The minimum absolute atomic E-state index is 0.232. The summed E-state index contributed by atoms with van der Waals surface area (Å²) in [7, 11) is 1.59. The second kappa shape index (κ2) is 5.73. The maximum absolute atomic E-state index is 11.4. The molecule has 0 aliphatic carbocycles. The average Bonchev–Trinajstić information content (AvgIpc) is 2.97. The van der Waals surface area contributed by atoms with Crippen LogP contribution in [0.25, 0.3) is 22.0 Å². The zero-order valence-electron chi connectivity index (χ0n) is 12.1.